The largest absolute Gasteiger partial charge is 0.550 e. The van der Waals surface area contributed by atoms with Gasteiger partial charge in [0.1, 0.15) is 52.3 Å². The van der Waals surface area contributed by atoms with Gasteiger partial charge in [0.25, 0.3) is 0 Å². The first-order valence-corrected chi connectivity index (χ1v) is 24.4. The molecule has 6 rings (SSSR count). The topological polar surface area (TPSA) is 269 Å². The molecule has 0 saturated heterocycles. The molecule has 416 valence electrons. The number of hydrogen-bond acceptors (Lipinski definition) is 24. The van der Waals surface area contributed by atoms with Gasteiger partial charge in [-0.1, -0.05) is 0 Å². The Balaban J connectivity index is 1.04. The highest BCUT2D eigenvalue weighted by Crippen LogP contribution is 2.49. The van der Waals surface area contributed by atoms with Gasteiger partial charge in [0.15, 0.2) is 34.5 Å². The molecule has 3 aliphatic carbocycles. The minimum absolute atomic E-state index is 0.0795. The third-order valence-corrected chi connectivity index (χ3v) is 13.9. The molecule has 0 aliphatic heterocycles. The van der Waals surface area contributed by atoms with Crippen molar-refractivity contribution < 1.29 is 115 Å². The molecule has 0 spiro atoms. The number of methoxy groups -OCH3 is 9. The van der Waals surface area contributed by atoms with Gasteiger partial charge in [-0.05, 0) is 101 Å². The van der Waals surface area contributed by atoms with Gasteiger partial charge in [0.2, 0.25) is 0 Å². The van der Waals surface area contributed by atoms with E-state index in [0.29, 0.717) is 94.3 Å². The zero-order valence-electron chi connectivity index (χ0n) is 43.8. The van der Waals surface area contributed by atoms with Crippen LogP contribution in [0.5, 0.6) is 51.7 Å². The second kappa shape index (κ2) is 27.6. The third kappa shape index (κ3) is 14.5. The zero-order chi connectivity index (χ0) is 54.9. The number of rotatable bonds is 18. The summed E-state index contributed by atoms with van der Waals surface area (Å²) < 4.78 is 64.2. The molecule has 3 aromatic rings. The summed E-state index contributed by atoms with van der Waals surface area (Å²) in [5.74, 6) is -0.414. The average molecular weight is 1070 g/mol. The van der Waals surface area contributed by atoms with Gasteiger partial charge in [0, 0.05) is 36.4 Å². The first-order valence-electron chi connectivity index (χ1n) is 24.4. The fourth-order valence-corrected chi connectivity index (χ4v) is 10.3. The Labute approximate surface area is 438 Å². The fourth-order valence-electron chi connectivity index (χ4n) is 10.3. The van der Waals surface area contributed by atoms with Gasteiger partial charge in [0.05, 0.1) is 64.0 Å². The Hall–Kier alpha value is -7.92. The molecule has 24 heteroatoms. The Kier molecular flexibility index (Phi) is 20.8. The highest BCUT2D eigenvalue weighted by molar-refractivity contribution is 5.95. The number of hydrogen-bond donors (Lipinski definition) is 0. The SMILES string of the molecule is COc1cc(OC)c(C(=O)OOC(=O)OC2CCC(C(C3CCC(OC(=O)OOC(=O)c4cc(OC)c(OC)cc4OC)CC3)C3CCC(OC(=O)OOC(=O)c4cc(OC)c(OC)cc4OC)CC3)CC2)cc1OC. The van der Waals surface area contributed by atoms with Crippen LogP contribution in [0.15, 0.2) is 36.4 Å². The lowest BCUT2D eigenvalue weighted by atomic mass is 9.61. The van der Waals surface area contributed by atoms with Gasteiger partial charge >= 0.3 is 36.4 Å². The van der Waals surface area contributed by atoms with Crippen LogP contribution >= 0.6 is 0 Å². The van der Waals surface area contributed by atoms with Crippen LogP contribution in [0.1, 0.15) is 108 Å². The first kappa shape index (κ1) is 57.4. The lowest BCUT2D eigenvalue weighted by Gasteiger charge is -2.45. The van der Waals surface area contributed by atoms with E-state index in [1.54, 1.807) is 0 Å². The molecule has 3 aromatic carbocycles. The first-order chi connectivity index (χ1) is 36.7. The summed E-state index contributed by atoms with van der Waals surface area (Å²) >= 11 is 0. The van der Waals surface area contributed by atoms with Crippen molar-refractivity contribution in [3.05, 3.63) is 53.1 Å². The van der Waals surface area contributed by atoms with Crippen molar-refractivity contribution in [1.29, 1.82) is 0 Å². The van der Waals surface area contributed by atoms with Crippen LogP contribution in [0.25, 0.3) is 0 Å². The van der Waals surface area contributed by atoms with E-state index in [-0.39, 0.29) is 74.9 Å². The van der Waals surface area contributed by atoms with Crippen LogP contribution in [-0.2, 0) is 43.5 Å². The summed E-state index contributed by atoms with van der Waals surface area (Å²) in [6.45, 7) is 0. The number of benzene rings is 3. The maximum absolute atomic E-state index is 12.9. The lowest BCUT2D eigenvalue weighted by molar-refractivity contribution is -0.209. The zero-order valence-corrected chi connectivity index (χ0v) is 43.8. The Morgan fingerprint density at radius 1 is 0.303 bits per heavy atom. The minimum Gasteiger partial charge on any atom is -0.496 e. The molecule has 0 N–H and O–H groups in total. The molecular formula is C52H64O24. The third-order valence-electron chi connectivity index (χ3n) is 13.9. The van der Waals surface area contributed by atoms with Crippen molar-refractivity contribution in [3.8, 4) is 51.7 Å². The molecule has 0 amide bonds. The summed E-state index contributed by atoms with van der Waals surface area (Å²) in [6.07, 6.45) is 2.09. The molecule has 0 bridgehead atoms. The van der Waals surface area contributed by atoms with E-state index in [9.17, 15) is 28.8 Å². The Bertz CT molecular complexity index is 2220. The summed E-state index contributed by atoms with van der Waals surface area (Å²) in [5.41, 5.74) is -0.238. The molecule has 0 aromatic heterocycles. The lowest BCUT2D eigenvalue weighted by Crippen LogP contribution is -2.39. The minimum atomic E-state index is -1.19. The molecule has 3 saturated carbocycles. The second-order valence-electron chi connectivity index (χ2n) is 17.9. The number of carbonyl (C=O) groups is 6. The number of ether oxygens (including phenoxy) is 12. The van der Waals surface area contributed by atoms with E-state index in [1.807, 2.05) is 0 Å². The van der Waals surface area contributed by atoms with E-state index in [1.165, 1.54) is 100 Å². The molecular weight excluding hydrogens is 1010 g/mol. The van der Waals surface area contributed by atoms with Crippen LogP contribution in [-0.4, -0.2) is 119 Å². The predicted octanol–water partition coefficient (Wildman–Crippen LogP) is 9.13. The maximum Gasteiger partial charge on any atom is 0.550 e. The van der Waals surface area contributed by atoms with Gasteiger partial charge in [-0.25, -0.2) is 43.7 Å². The molecule has 0 unspecified atom stereocenters. The van der Waals surface area contributed by atoms with E-state index in [0.717, 1.165) is 0 Å². The van der Waals surface area contributed by atoms with Gasteiger partial charge < -0.3 is 56.8 Å². The van der Waals surface area contributed by atoms with E-state index in [4.69, 9.17) is 86.2 Å². The molecule has 24 nitrogen and oxygen atoms in total. The van der Waals surface area contributed by atoms with Gasteiger partial charge in [-0.15, -0.1) is 0 Å². The van der Waals surface area contributed by atoms with E-state index in [2.05, 4.69) is 0 Å². The standard InChI is InChI=1S/C52H64O24/c1-59-37-25-43(65-7)40(62-4)22-34(37)47(53)71-74-50(56)68-31-16-10-28(11-17-31)46(29-12-18-32(19-13-29)69-51(57)75-72-48(54)35-23-41(63-5)44(66-8)26-38(35)60-2)30-14-20-33(21-15-30)70-52(58)76-73-49(55)36-24-42(64-6)45(67-9)27-39(36)61-3/h22-33,46H,10-21H2,1-9H3. The average Bonchev–Trinajstić information content (AvgIpc) is 3.45. The van der Waals surface area contributed by atoms with Crippen LogP contribution in [0.3, 0.4) is 0 Å². The van der Waals surface area contributed by atoms with Crippen LogP contribution in [0, 0.1) is 23.7 Å². The van der Waals surface area contributed by atoms with Crippen LogP contribution in [0.4, 0.5) is 14.4 Å². The van der Waals surface area contributed by atoms with E-state index >= 15 is 0 Å². The predicted molar refractivity (Wildman–Crippen MR) is 258 cm³/mol. The molecule has 0 radical (unpaired) electrons. The van der Waals surface area contributed by atoms with Gasteiger partial charge in [-0.2, -0.15) is 14.4 Å². The fraction of sp³-hybridized carbons (Fsp3) is 0.538. The monoisotopic (exact) mass is 1070 g/mol. The Morgan fingerprint density at radius 3 is 0.724 bits per heavy atom. The van der Waals surface area contributed by atoms with Crippen molar-refractivity contribution in [2.75, 3.05) is 64.0 Å². The van der Waals surface area contributed by atoms with Crippen molar-refractivity contribution in [2.45, 2.75) is 95.4 Å². The molecule has 3 fully saturated rings. The normalized spacial score (nSPS) is 20.3. The summed E-state index contributed by atoms with van der Waals surface area (Å²) in [6, 6.07) is 8.27. The maximum atomic E-state index is 12.9. The van der Waals surface area contributed by atoms with E-state index < -0.39 is 54.7 Å². The summed E-state index contributed by atoms with van der Waals surface area (Å²) in [5, 5.41) is 0. The summed E-state index contributed by atoms with van der Waals surface area (Å²) in [7, 11) is 12.5. The highest BCUT2D eigenvalue weighted by Gasteiger charge is 2.42. The van der Waals surface area contributed by atoms with Crippen molar-refractivity contribution in [3.63, 3.8) is 0 Å². The van der Waals surface area contributed by atoms with Crippen LogP contribution in [0.2, 0.25) is 0 Å². The number of carbonyl (C=O) groups excluding carboxylic acids is 6. The van der Waals surface area contributed by atoms with Crippen LogP contribution < -0.4 is 42.6 Å². The van der Waals surface area contributed by atoms with Crippen molar-refractivity contribution >= 4 is 36.4 Å². The molecule has 0 atom stereocenters. The molecule has 0 heterocycles. The highest BCUT2D eigenvalue weighted by atomic mass is 17.2. The quantitative estimate of drug-likeness (QED) is 0.0497. The molecule has 3 aliphatic rings. The van der Waals surface area contributed by atoms with Crippen molar-refractivity contribution in [1.82, 2.24) is 0 Å². The van der Waals surface area contributed by atoms with Crippen molar-refractivity contribution in [2.24, 2.45) is 23.7 Å². The Morgan fingerprint density at radius 2 is 0.513 bits per heavy atom. The second-order valence-corrected chi connectivity index (χ2v) is 17.9. The summed E-state index contributed by atoms with van der Waals surface area (Å²) in [4.78, 5) is 106. The van der Waals surface area contributed by atoms with Gasteiger partial charge in [-0.3, -0.25) is 0 Å². The smallest absolute Gasteiger partial charge is 0.496 e. The molecule has 76 heavy (non-hydrogen) atoms.